The number of Topliss-reactive ketones (excluding diaryl/α,β-unsaturated/α-hetero) is 1. The lowest BCUT2D eigenvalue weighted by Gasteiger charge is -2.24. The van der Waals surface area contributed by atoms with Crippen LogP contribution < -0.4 is 0 Å². The number of methoxy groups -OCH3 is 1. The van der Waals surface area contributed by atoms with Gasteiger partial charge in [0.2, 0.25) is 0 Å². The summed E-state index contributed by atoms with van der Waals surface area (Å²) in [5.74, 6) is -1.61. The van der Waals surface area contributed by atoms with Crippen LogP contribution in [0.15, 0.2) is 24.3 Å². The molecule has 2 rings (SSSR count). The molecule has 0 N–H and O–H groups in total. The summed E-state index contributed by atoms with van der Waals surface area (Å²) >= 11 is 0. The number of carbonyl (C=O) groups excluding carboxylic acids is 3. The van der Waals surface area contributed by atoms with Crippen molar-refractivity contribution >= 4 is 17.7 Å². The molecule has 7 heteroatoms. The predicted octanol–water partition coefficient (Wildman–Crippen LogP) is 3.55. The standard InChI is InChI=1S/C22H27FN2O4/c1-13(2)11-25(21(27)16-8-7-9-17(23)10-16)12-18(26)19-14(3)20(22(28)29-6)24(5)15(19)4/h7-10,13H,11-12H2,1-6H3. The van der Waals surface area contributed by atoms with Crippen LogP contribution in [0.1, 0.15) is 56.3 Å². The Morgan fingerprint density at radius 2 is 1.86 bits per heavy atom. The highest BCUT2D eigenvalue weighted by atomic mass is 19.1. The van der Waals surface area contributed by atoms with Crippen LogP contribution in [0.5, 0.6) is 0 Å². The number of nitrogens with zero attached hydrogens (tertiary/aromatic N) is 2. The number of halogens is 1. The first-order valence-corrected chi connectivity index (χ1v) is 9.40. The van der Waals surface area contributed by atoms with Crippen LogP contribution in [0.3, 0.4) is 0 Å². The lowest BCUT2D eigenvalue weighted by molar-refractivity contribution is 0.0588. The van der Waals surface area contributed by atoms with Crippen molar-refractivity contribution in [3.05, 3.63) is 58.2 Å². The van der Waals surface area contributed by atoms with E-state index >= 15 is 0 Å². The molecular weight excluding hydrogens is 375 g/mol. The van der Waals surface area contributed by atoms with Crippen molar-refractivity contribution in [2.45, 2.75) is 27.7 Å². The quantitative estimate of drug-likeness (QED) is 0.525. The number of benzene rings is 1. The minimum absolute atomic E-state index is 0.115. The number of hydrogen-bond donors (Lipinski definition) is 0. The van der Waals surface area contributed by atoms with Gasteiger partial charge in [-0.2, -0.15) is 0 Å². The molecule has 2 aromatic rings. The second-order valence-corrected chi connectivity index (χ2v) is 7.50. The maximum atomic E-state index is 13.6. The fourth-order valence-corrected chi connectivity index (χ4v) is 3.49. The average molecular weight is 402 g/mol. The zero-order valence-electron chi connectivity index (χ0n) is 17.7. The van der Waals surface area contributed by atoms with E-state index in [1.54, 1.807) is 25.5 Å². The average Bonchev–Trinajstić information content (AvgIpc) is 2.88. The van der Waals surface area contributed by atoms with Gasteiger partial charge in [0.05, 0.1) is 13.7 Å². The van der Waals surface area contributed by atoms with E-state index in [9.17, 15) is 18.8 Å². The van der Waals surface area contributed by atoms with Gasteiger partial charge in [-0.05, 0) is 43.5 Å². The van der Waals surface area contributed by atoms with Crippen molar-refractivity contribution in [2.75, 3.05) is 20.2 Å². The summed E-state index contributed by atoms with van der Waals surface area (Å²) in [6.07, 6.45) is 0. The van der Waals surface area contributed by atoms with Crippen LogP contribution in [0.25, 0.3) is 0 Å². The highest BCUT2D eigenvalue weighted by molar-refractivity contribution is 6.06. The molecule has 0 radical (unpaired) electrons. The van der Waals surface area contributed by atoms with Gasteiger partial charge in [-0.1, -0.05) is 19.9 Å². The molecule has 0 aliphatic rings. The summed E-state index contributed by atoms with van der Waals surface area (Å²) in [6, 6.07) is 5.41. The van der Waals surface area contributed by atoms with Crippen molar-refractivity contribution in [2.24, 2.45) is 13.0 Å². The SMILES string of the molecule is COC(=O)c1c(C)c(C(=O)CN(CC(C)C)C(=O)c2cccc(F)c2)c(C)n1C. The zero-order chi connectivity index (χ0) is 21.9. The van der Waals surface area contributed by atoms with E-state index < -0.39 is 17.7 Å². The molecule has 0 unspecified atom stereocenters. The van der Waals surface area contributed by atoms with Crippen molar-refractivity contribution < 1.29 is 23.5 Å². The summed E-state index contributed by atoms with van der Waals surface area (Å²) in [6.45, 7) is 7.48. The topological polar surface area (TPSA) is 68.6 Å². The molecule has 156 valence electrons. The van der Waals surface area contributed by atoms with E-state index in [1.807, 2.05) is 13.8 Å². The zero-order valence-corrected chi connectivity index (χ0v) is 17.7. The van der Waals surface area contributed by atoms with E-state index in [0.717, 1.165) is 6.07 Å². The van der Waals surface area contributed by atoms with E-state index in [-0.39, 0.29) is 23.8 Å². The molecule has 1 amide bonds. The van der Waals surface area contributed by atoms with Crippen LogP contribution in [-0.4, -0.2) is 47.3 Å². The second kappa shape index (κ2) is 9.03. The van der Waals surface area contributed by atoms with E-state index in [4.69, 9.17) is 4.74 Å². The predicted molar refractivity (Wildman–Crippen MR) is 108 cm³/mol. The molecule has 1 aromatic carbocycles. The first-order chi connectivity index (χ1) is 13.6. The van der Waals surface area contributed by atoms with Crippen LogP contribution >= 0.6 is 0 Å². The van der Waals surface area contributed by atoms with Gasteiger partial charge < -0.3 is 14.2 Å². The minimum Gasteiger partial charge on any atom is -0.464 e. The minimum atomic E-state index is -0.526. The Hall–Kier alpha value is -2.96. The van der Waals surface area contributed by atoms with Crippen molar-refractivity contribution in [1.29, 1.82) is 0 Å². The molecule has 0 aliphatic carbocycles. The third-order valence-electron chi connectivity index (χ3n) is 4.87. The van der Waals surface area contributed by atoms with Crippen molar-refractivity contribution in [3.63, 3.8) is 0 Å². The smallest absolute Gasteiger partial charge is 0.354 e. The molecule has 0 saturated carbocycles. The molecule has 6 nitrogen and oxygen atoms in total. The summed E-state index contributed by atoms with van der Waals surface area (Å²) in [7, 11) is 2.97. The Morgan fingerprint density at radius 1 is 1.21 bits per heavy atom. The monoisotopic (exact) mass is 402 g/mol. The van der Waals surface area contributed by atoms with E-state index in [2.05, 4.69) is 0 Å². The number of carbonyl (C=O) groups is 3. The molecule has 29 heavy (non-hydrogen) atoms. The maximum absolute atomic E-state index is 13.6. The molecule has 1 heterocycles. The van der Waals surface area contributed by atoms with Crippen molar-refractivity contribution in [1.82, 2.24) is 9.47 Å². The third kappa shape index (κ3) is 4.72. The normalized spacial score (nSPS) is 10.9. The Balaban J connectivity index is 2.39. The Kier molecular flexibility index (Phi) is 6.95. The number of esters is 1. The van der Waals surface area contributed by atoms with Gasteiger partial charge in [0, 0.05) is 30.4 Å². The molecule has 1 aromatic heterocycles. The van der Waals surface area contributed by atoms with Crippen LogP contribution in [0.2, 0.25) is 0 Å². The van der Waals surface area contributed by atoms with Crippen LogP contribution in [0.4, 0.5) is 4.39 Å². The second-order valence-electron chi connectivity index (χ2n) is 7.50. The van der Waals surface area contributed by atoms with Gasteiger partial charge in [-0.15, -0.1) is 0 Å². The summed E-state index contributed by atoms with van der Waals surface area (Å²) in [5.41, 5.74) is 2.03. The molecule has 0 aliphatic heterocycles. The van der Waals surface area contributed by atoms with E-state index in [1.165, 1.54) is 30.2 Å². The summed E-state index contributed by atoms with van der Waals surface area (Å²) < 4.78 is 20.0. The van der Waals surface area contributed by atoms with Gasteiger partial charge in [0.25, 0.3) is 5.91 Å². The highest BCUT2D eigenvalue weighted by Crippen LogP contribution is 2.23. The first-order valence-electron chi connectivity index (χ1n) is 9.40. The molecule has 0 fully saturated rings. The Bertz CT molecular complexity index is 947. The number of ether oxygens (including phenoxy) is 1. The number of hydrogen-bond acceptors (Lipinski definition) is 4. The fraction of sp³-hybridized carbons (Fsp3) is 0.409. The fourth-order valence-electron chi connectivity index (χ4n) is 3.49. The highest BCUT2D eigenvalue weighted by Gasteiger charge is 2.28. The Labute approximate surface area is 170 Å². The van der Waals surface area contributed by atoms with Gasteiger partial charge in [-0.25, -0.2) is 9.18 Å². The lowest BCUT2D eigenvalue weighted by atomic mass is 10.0. The Morgan fingerprint density at radius 3 is 2.41 bits per heavy atom. The molecule has 0 spiro atoms. The third-order valence-corrected chi connectivity index (χ3v) is 4.87. The van der Waals surface area contributed by atoms with Gasteiger partial charge in [0.1, 0.15) is 11.5 Å². The number of ketones is 1. The summed E-state index contributed by atoms with van der Waals surface area (Å²) in [4.78, 5) is 39.6. The molecule has 0 saturated heterocycles. The van der Waals surface area contributed by atoms with Crippen LogP contribution in [-0.2, 0) is 11.8 Å². The van der Waals surface area contributed by atoms with E-state index in [0.29, 0.717) is 29.1 Å². The number of amides is 1. The van der Waals surface area contributed by atoms with Gasteiger partial charge in [-0.3, -0.25) is 9.59 Å². The van der Waals surface area contributed by atoms with Crippen molar-refractivity contribution in [3.8, 4) is 0 Å². The lowest BCUT2D eigenvalue weighted by Crippen LogP contribution is -2.38. The molecule has 0 bridgehead atoms. The largest absolute Gasteiger partial charge is 0.464 e. The molecular formula is C22H27FN2O4. The molecule has 0 atom stereocenters. The van der Waals surface area contributed by atoms with Crippen LogP contribution in [0, 0.1) is 25.6 Å². The first kappa shape index (κ1) is 22.3. The van der Waals surface area contributed by atoms with Gasteiger partial charge in [0.15, 0.2) is 5.78 Å². The maximum Gasteiger partial charge on any atom is 0.354 e. The van der Waals surface area contributed by atoms with Gasteiger partial charge >= 0.3 is 5.97 Å². The summed E-state index contributed by atoms with van der Waals surface area (Å²) in [5, 5.41) is 0. The number of rotatable bonds is 7. The number of aromatic nitrogens is 1.